The third-order valence-electron chi connectivity index (χ3n) is 3.63. The summed E-state index contributed by atoms with van der Waals surface area (Å²) in [5.74, 6) is -0.237. The van der Waals surface area contributed by atoms with Crippen LogP contribution < -0.4 is 0 Å². The molecule has 1 aliphatic rings. The lowest BCUT2D eigenvalue weighted by molar-refractivity contribution is -0.145. The van der Waals surface area contributed by atoms with Gasteiger partial charge in [0.05, 0.1) is 16.6 Å². The second kappa shape index (κ2) is 6.32. The normalized spacial score (nSPS) is 25.0. The minimum absolute atomic E-state index is 0.191. The van der Waals surface area contributed by atoms with Crippen LogP contribution in [-0.4, -0.2) is 21.9 Å². The summed E-state index contributed by atoms with van der Waals surface area (Å²) >= 11 is 0. The number of benzene rings is 2. The topological polar surface area (TPSA) is 35.5 Å². The summed E-state index contributed by atoms with van der Waals surface area (Å²) in [5, 5.41) is 0. The lowest BCUT2D eigenvalue weighted by Gasteiger charge is -2.17. The van der Waals surface area contributed by atoms with Gasteiger partial charge in [0, 0.05) is 4.90 Å². The molecule has 1 heterocycles. The van der Waals surface area contributed by atoms with Crippen molar-refractivity contribution in [1.29, 1.82) is 0 Å². The third-order valence-corrected chi connectivity index (χ3v) is 5.06. The van der Waals surface area contributed by atoms with Gasteiger partial charge in [-0.05, 0) is 31.5 Å². The molecule has 1 aliphatic heterocycles. The van der Waals surface area contributed by atoms with E-state index in [2.05, 4.69) is 0 Å². The lowest BCUT2D eigenvalue weighted by Crippen LogP contribution is -2.25. The molecule has 0 aliphatic carbocycles. The van der Waals surface area contributed by atoms with Gasteiger partial charge in [-0.25, -0.2) is 0 Å². The van der Waals surface area contributed by atoms with Crippen LogP contribution in [0.15, 0.2) is 65.6 Å². The second-order valence-corrected chi connectivity index (χ2v) is 7.33. The molecule has 22 heavy (non-hydrogen) atoms. The van der Waals surface area contributed by atoms with E-state index >= 15 is 0 Å². The molecule has 0 radical (unpaired) electrons. The van der Waals surface area contributed by atoms with Crippen LogP contribution >= 0.6 is 0 Å². The molecule has 1 unspecified atom stereocenters. The average molecular weight is 316 g/mol. The van der Waals surface area contributed by atoms with Crippen molar-refractivity contribution in [3.8, 4) is 0 Å². The molecule has 0 aromatic heterocycles. The van der Waals surface area contributed by atoms with Crippen molar-refractivity contribution in [2.75, 3.05) is 5.75 Å². The average Bonchev–Trinajstić information content (AvgIpc) is 2.83. The molecule has 0 bridgehead atoms. The first-order chi connectivity index (χ1) is 10.6. The number of rotatable bonds is 4. The van der Waals surface area contributed by atoms with E-state index in [1.165, 1.54) is 0 Å². The van der Waals surface area contributed by atoms with E-state index in [0.29, 0.717) is 5.75 Å². The van der Waals surface area contributed by atoms with Gasteiger partial charge in [-0.2, -0.15) is 0 Å². The zero-order valence-corrected chi connectivity index (χ0v) is 13.6. The van der Waals surface area contributed by atoms with Crippen LogP contribution in [0.5, 0.6) is 0 Å². The molecule has 0 amide bonds. The summed E-state index contributed by atoms with van der Waals surface area (Å²) in [6.45, 7) is 3.79. The smallest absolute Gasteiger partial charge is 0.164 e. The Hall–Kier alpha value is -1.49. The summed E-state index contributed by atoms with van der Waals surface area (Å²) in [6.07, 6.45) is -0.415. The highest BCUT2D eigenvalue weighted by Crippen LogP contribution is 2.38. The summed E-state index contributed by atoms with van der Waals surface area (Å²) in [7, 11) is -1.11. The van der Waals surface area contributed by atoms with Crippen LogP contribution in [-0.2, 0) is 20.3 Å². The van der Waals surface area contributed by atoms with Gasteiger partial charge >= 0.3 is 0 Å². The van der Waals surface area contributed by atoms with Gasteiger partial charge in [0.1, 0.15) is 12.2 Å². The second-order valence-electron chi connectivity index (χ2n) is 5.83. The minimum Gasteiger partial charge on any atom is -0.343 e. The maximum absolute atomic E-state index is 12.6. The number of hydrogen-bond donors (Lipinski definition) is 0. The zero-order valence-electron chi connectivity index (χ0n) is 12.8. The molecule has 116 valence electrons. The van der Waals surface area contributed by atoms with Crippen molar-refractivity contribution in [2.24, 2.45) is 0 Å². The highest BCUT2D eigenvalue weighted by molar-refractivity contribution is 7.85. The maximum Gasteiger partial charge on any atom is 0.164 e. The molecule has 0 spiro atoms. The molecule has 0 N–H and O–H groups in total. The van der Waals surface area contributed by atoms with E-state index in [1.54, 1.807) is 0 Å². The molecule has 4 heteroatoms. The van der Waals surface area contributed by atoms with Gasteiger partial charge in [0.25, 0.3) is 0 Å². The Kier molecular flexibility index (Phi) is 4.43. The van der Waals surface area contributed by atoms with Gasteiger partial charge in [0.15, 0.2) is 5.79 Å². The Labute approximate surface area is 133 Å². The highest BCUT2D eigenvalue weighted by Gasteiger charge is 2.42. The lowest BCUT2D eigenvalue weighted by atomic mass is 10.1. The number of hydrogen-bond acceptors (Lipinski definition) is 3. The Morgan fingerprint density at radius 2 is 1.55 bits per heavy atom. The summed E-state index contributed by atoms with van der Waals surface area (Å²) in [4.78, 5) is 0.822. The van der Waals surface area contributed by atoms with Crippen molar-refractivity contribution in [3.63, 3.8) is 0 Å². The molecular formula is C18H20O3S. The Morgan fingerprint density at radius 1 is 0.955 bits per heavy atom. The molecule has 1 fully saturated rings. The Bertz CT molecular complexity index is 640. The minimum atomic E-state index is -1.11. The molecule has 2 aromatic rings. The largest absolute Gasteiger partial charge is 0.343 e. The van der Waals surface area contributed by atoms with Gasteiger partial charge in [0.2, 0.25) is 0 Å². The summed E-state index contributed by atoms with van der Waals surface area (Å²) < 4.78 is 24.6. The molecule has 3 rings (SSSR count). The summed E-state index contributed by atoms with van der Waals surface area (Å²) in [5.41, 5.74) is 1.06. The van der Waals surface area contributed by atoms with Crippen LogP contribution in [0.2, 0.25) is 0 Å². The molecule has 3 atom stereocenters. The van der Waals surface area contributed by atoms with Crippen molar-refractivity contribution >= 4 is 10.8 Å². The monoisotopic (exact) mass is 316 g/mol. The molecule has 3 nitrogen and oxygen atoms in total. The van der Waals surface area contributed by atoms with Crippen LogP contribution in [0.4, 0.5) is 0 Å². The van der Waals surface area contributed by atoms with Crippen LogP contribution in [0.3, 0.4) is 0 Å². The fourth-order valence-corrected chi connectivity index (χ4v) is 3.89. The maximum atomic E-state index is 12.6. The van der Waals surface area contributed by atoms with Crippen molar-refractivity contribution in [3.05, 3.63) is 66.2 Å². The third kappa shape index (κ3) is 3.46. The predicted octanol–water partition coefficient (Wildman–Crippen LogP) is 3.69. The first-order valence-corrected chi connectivity index (χ1v) is 8.71. The van der Waals surface area contributed by atoms with E-state index < -0.39 is 16.6 Å². The standard InChI is InChI=1S/C18H20O3S/c1-18(2)20-16(13-22(19)15-11-7-4-8-12-15)17(21-18)14-9-5-3-6-10-14/h3-12,16-17H,13H2,1-2H3/t16-,17+,22?/m0/s1. The quantitative estimate of drug-likeness (QED) is 0.863. The van der Waals surface area contributed by atoms with Crippen LogP contribution in [0.25, 0.3) is 0 Å². The first kappa shape index (κ1) is 15.4. The summed E-state index contributed by atoms with van der Waals surface area (Å²) in [6, 6.07) is 19.5. The van der Waals surface area contributed by atoms with Crippen LogP contribution in [0.1, 0.15) is 25.5 Å². The SMILES string of the molecule is CC1(C)O[C@@H](CS(=O)c2ccccc2)[C@@H](c2ccccc2)O1. The molecular weight excluding hydrogens is 296 g/mol. The fourth-order valence-electron chi connectivity index (χ4n) is 2.70. The number of ether oxygens (including phenoxy) is 2. The van der Waals surface area contributed by atoms with Gasteiger partial charge in [-0.15, -0.1) is 0 Å². The van der Waals surface area contributed by atoms with Crippen molar-refractivity contribution in [1.82, 2.24) is 0 Å². The van der Waals surface area contributed by atoms with E-state index in [1.807, 2.05) is 74.5 Å². The molecule has 1 saturated heterocycles. The molecule has 0 saturated carbocycles. The fraction of sp³-hybridized carbons (Fsp3) is 0.333. The van der Waals surface area contributed by atoms with Gasteiger partial charge < -0.3 is 9.47 Å². The van der Waals surface area contributed by atoms with E-state index in [-0.39, 0.29) is 12.2 Å². The first-order valence-electron chi connectivity index (χ1n) is 7.39. The van der Waals surface area contributed by atoms with Crippen molar-refractivity contribution < 1.29 is 13.7 Å². The van der Waals surface area contributed by atoms with Crippen LogP contribution in [0, 0.1) is 0 Å². The van der Waals surface area contributed by atoms with E-state index in [9.17, 15) is 4.21 Å². The zero-order chi connectivity index (χ0) is 15.6. The Balaban J connectivity index is 1.80. The van der Waals surface area contributed by atoms with Gasteiger partial charge in [-0.3, -0.25) is 4.21 Å². The molecule has 2 aromatic carbocycles. The highest BCUT2D eigenvalue weighted by atomic mass is 32.2. The van der Waals surface area contributed by atoms with Gasteiger partial charge in [-0.1, -0.05) is 48.5 Å². The Morgan fingerprint density at radius 3 is 2.18 bits per heavy atom. The van der Waals surface area contributed by atoms with E-state index in [0.717, 1.165) is 10.5 Å². The van der Waals surface area contributed by atoms with E-state index in [4.69, 9.17) is 9.47 Å². The predicted molar refractivity (Wildman–Crippen MR) is 86.9 cm³/mol. The van der Waals surface area contributed by atoms with Crippen molar-refractivity contribution in [2.45, 2.75) is 36.7 Å².